The monoisotopic (exact) mass is 1460 g/mol. The SMILES string of the molecule is Brc1cccc(-c2cccc3c2oc2c(-c4ccccc4)cccc23)c1.c1ccc(-c2ccc(Cc3ccc(-c4cccc5ccccc45)cc3)cc2)cc1.c1ccc(-c2ccc(N(c3ccc(-c4cccc5ccccc45)cc3)c3cccc(-c4cccc5c4oc4c(-c6ccccc6)cccc45)c3)cc2)cc1. The van der Waals surface area contributed by atoms with Gasteiger partial charge in [-0.2, -0.15) is 0 Å². The minimum absolute atomic E-state index is 0.895. The smallest absolute Gasteiger partial charge is 0.143 e. The molecule has 3 nitrogen and oxygen atoms in total. The molecule has 0 radical (unpaired) electrons. The molecule has 0 amide bonds. The molecule has 0 atom stereocenters. The van der Waals surface area contributed by atoms with E-state index in [4.69, 9.17) is 8.83 Å². The molecular formula is C105H72BrNO2. The minimum atomic E-state index is 0.895. The molecule has 2 heterocycles. The van der Waals surface area contributed by atoms with Crippen molar-refractivity contribution in [3.05, 3.63) is 440 Å². The van der Waals surface area contributed by atoms with E-state index in [-0.39, 0.29) is 0 Å². The Kier molecular flexibility index (Phi) is 18.8. The first-order valence-corrected chi connectivity index (χ1v) is 37.9. The number of halogens is 1. The summed E-state index contributed by atoms with van der Waals surface area (Å²) in [6.45, 7) is 0. The van der Waals surface area contributed by atoms with Gasteiger partial charge < -0.3 is 13.7 Å². The highest BCUT2D eigenvalue weighted by molar-refractivity contribution is 9.10. The fourth-order valence-electron chi connectivity index (χ4n) is 15.4. The van der Waals surface area contributed by atoms with E-state index in [2.05, 4.69) is 427 Å². The van der Waals surface area contributed by atoms with Crippen LogP contribution in [0.2, 0.25) is 0 Å². The Balaban J connectivity index is 0.000000127. The van der Waals surface area contributed by atoms with Crippen LogP contribution in [-0.4, -0.2) is 0 Å². The molecule has 0 spiro atoms. The van der Waals surface area contributed by atoms with Crippen molar-refractivity contribution in [3.63, 3.8) is 0 Å². The van der Waals surface area contributed by atoms with Gasteiger partial charge in [0.25, 0.3) is 0 Å². The van der Waals surface area contributed by atoms with Crippen molar-refractivity contribution in [1.82, 2.24) is 0 Å². The van der Waals surface area contributed by atoms with Gasteiger partial charge in [0.15, 0.2) is 0 Å². The highest BCUT2D eigenvalue weighted by Crippen LogP contribution is 2.45. The van der Waals surface area contributed by atoms with Gasteiger partial charge in [-0.25, -0.2) is 0 Å². The summed E-state index contributed by atoms with van der Waals surface area (Å²) in [4.78, 5) is 2.34. The number of hydrogen-bond donors (Lipinski definition) is 0. The number of furan rings is 2. The summed E-state index contributed by atoms with van der Waals surface area (Å²) >= 11 is 3.57. The minimum Gasteiger partial charge on any atom is -0.455 e. The third-order valence-corrected chi connectivity index (χ3v) is 21.2. The van der Waals surface area contributed by atoms with Crippen molar-refractivity contribution in [2.45, 2.75) is 6.42 Å². The number of anilines is 3. The third kappa shape index (κ3) is 13.9. The zero-order chi connectivity index (χ0) is 72.8. The summed E-state index contributed by atoms with van der Waals surface area (Å²) in [5.41, 5.74) is 28.4. The Bertz CT molecular complexity index is 6580. The summed E-state index contributed by atoms with van der Waals surface area (Å²) in [5, 5.41) is 9.62. The quantitative estimate of drug-likeness (QED) is 0.115. The first-order valence-electron chi connectivity index (χ1n) is 37.1. The molecular weight excluding hydrogens is 1390 g/mol. The molecule has 20 rings (SSSR count). The van der Waals surface area contributed by atoms with Crippen LogP contribution in [0.25, 0.3) is 154 Å². The second kappa shape index (κ2) is 30.4. The third-order valence-electron chi connectivity index (χ3n) is 20.8. The summed E-state index contributed by atoms with van der Waals surface area (Å²) in [6.07, 6.45) is 0.949. The second-order valence-corrected chi connectivity index (χ2v) is 28.4. The molecule has 0 aliphatic carbocycles. The highest BCUT2D eigenvalue weighted by Gasteiger charge is 2.21. The molecule has 0 unspecified atom stereocenters. The number of rotatable bonds is 13. The van der Waals surface area contributed by atoms with Crippen LogP contribution in [0.15, 0.2) is 438 Å². The molecule has 0 saturated carbocycles. The molecule has 516 valence electrons. The Hall–Kier alpha value is -13.6. The molecule has 0 aliphatic rings. The Labute approximate surface area is 643 Å². The molecule has 4 heteroatoms. The van der Waals surface area contributed by atoms with Crippen LogP contribution in [0.5, 0.6) is 0 Å². The number of nitrogens with zero attached hydrogens (tertiary/aromatic N) is 1. The van der Waals surface area contributed by atoms with E-state index < -0.39 is 0 Å². The van der Waals surface area contributed by atoms with Crippen LogP contribution in [0.3, 0.4) is 0 Å². The number of hydrogen-bond acceptors (Lipinski definition) is 3. The molecule has 0 aliphatic heterocycles. The van der Waals surface area contributed by atoms with Crippen LogP contribution < -0.4 is 4.90 Å². The van der Waals surface area contributed by atoms with Crippen LogP contribution in [-0.2, 0) is 6.42 Å². The van der Waals surface area contributed by atoms with Crippen LogP contribution >= 0.6 is 15.9 Å². The topological polar surface area (TPSA) is 29.5 Å². The Morgan fingerprint density at radius 2 is 0.468 bits per heavy atom. The zero-order valence-electron chi connectivity index (χ0n) is 59.8. The Morgan fingerprint density at radius 1 is 0.193 bits per heavy atom. The van der Waals surface area contributed by atoms with Crippen molar-refractivity contribution in [2.24, 2.45) is 0 Å². The van der Waals surface area contributed by atoms with Gasteiger partial charge in [-0.1, -0.05) is 392 Å². The first kappa shape index (κ1) is 67.3. The first-order chi connectivity index (χ1) is 54.0. The van der Waals surface area contributed by atoms with Gasteiger partial charge >= 0.3 is 0 Å². The maximum atomic E-state index is 6.82. The highest BCUT2D eigenvalue weighted by atomic mass is 79.9. The van der Waals surface area contributed by atoms with Crippen LogP contribution in [0.1, 0.15) is 11.1 Å². The molecule has 2 aromatic heterocycles. The number of benzene rings is 18. The van der Waals surface area contributed by atoms with Gasteiger partial charge in [-0.05, 0) is 154 Å². The average Bonchev–Trinajstić information content (AvgIpc) is 1.61. The van der Waals surface area contributed by atoms with Gasteiger partial charge in [-0.3, -0.25) is 0 Å². The van der Waals surface area contributed by atoms with E-state index in [1.807, 2.05) is 18.2 Å². The predicted octanol–water partition coefficient (Wildman–Crippen LogP) is 30.3. The van der Waals surface area contributed by atoms with Crippen LogP contribution in [0, 0.1) is 0 Å². The molecule has 0 saturated heterocycles. The molecule has 0 fully saturated rings. The van der Waals surface area contributed by atoms with Crippen molar-refractivity contribution in [2.75, 3.05) is 4.90 Å². The lowest BCUT2D eigenvalue weighted by atomic mass is 9.96. The number of fused-ring (bicyclic) bond motifs is 8. The fourth-order valence-corrected chi connectivity index (χ4v) is 15.8. The predicted molar refractivity (Wildman–Crippen MR) is 464 cm³/mol. The Morgan fingerprint density at radius 3 is 0.890 bits per heavy atom. The van der Waals surface area contributed by atoms with Crippen molar-refractivity contribution >= 4 is 98.4 Å². The normalized spacial score (nSPS) is 11.2. The zero-order valence-corrected chi connectivity index (χ0v) is 61.3. The lowest BCUT2D eigenvalue weighted by Crippen LogP contribution is -2.10. The standard InChI is InChI=1S/C52H35NO.C29H22.C24H15BrO/c1-3-13-36(14-4-1)37-27-31-42(32-28-37)53(43-33-29-40(30-34-43)46-22-10-18-38-17-7-8-21-45(38)46)44-20-9-19-41(35-44)48-24-12-26-50-49-25-11-23-47(51(49)54-52(48)50)39-15-5-2-6-16-39;1-2-7-24(8-3-1)25-17-13-22(14-18-25)21-23-15-19-27(20-16-23)29-12-6-10-26-9-4-5-11-28(26)29;25-18-10-4-9-17(15-18)20-12-6-14-22-21-13-5-11-19(23(21)26-24(20)22)16-7-2-1-3-8-16/h1-35H;1-20H,21H2;1-15H. The van der Waals surface area contributed by atoms with Gasteiger partial charge in [0, 0.05) is 65.3 Å². The summed E-state index contributed by atoms with van der Waals surface area (Å²) < 4.78 is 14.3. The average molecular weight is 1460 g/mol. The molecule has 0 bridgehead atoms. The van der Waals surface area contributed by atoms with Crippen molar-refractivity contribution in [3.8, 4) is 89.0 Å². The summed E-state index contributed by atoms with van der Waals surface area (Å²) in [6, 6.07) is 151. The van der Waals surface area contributed by atoms with E-state index >= 15 is 0 Å². The lowest BCUT2D eigenvalue weighted by molar-refractivity contribution is 0.670. The second-order valence-electron chi connectivity index (χ2n) is 27.5. The van der Waals surface area contributed by atoms with E-state index in [1.54, 1.807) is 0 Å². The maximum Gasteiger partial charge on any atom is 0.143 e. The molecule has 20 aromatic rings. The van der Waals surface area contributed by atoms with E-state index in [0.717, 1.165) is 111 Å². The van der Waals surface area contributed by atoms with Crippen molar-refractivity contribution < 1.29 is 8.83 Å². The van der Waals surface area contributed by atoms with E-state index in [0.29, 0.717) is 0 Å². The maximum absolute atomic E-state index is 6.82. The fraction of sp³-hybridized carbons (Fsp3) is 0.00952. The largest absolute Gasteiger partial charge is 0.455 e. The van der Waals surface area contributed by atoms with E-state index in [9.17, 15) is 0 Å². The number of para-hydroxylation sites is 4. The lowest BCUT2D eigenvalue weighted by Gasteiger charge is -2.26. The molecule has 18 aromatic carbocycles. The van der Waals surface area contributed by atoms with Gasteiger partial charge in [0.1, 0.15) is 22.3 Å². The van der Waals surface area contributed by atoms with Gasteiger partial charge in [-0.15, -0.1) is 0 Å². The summed E-state index contributed by atoms with van der Waals surface area (Å²) in [7, 11) is 0. The van der Waals surface area contributed by atoms with Gasteiger partial charge in [0.05, 0.1) is 0 Å². The molecule has 109 heavy (non-hydrogen) atoms. The van der Waals surface area contributed by atoms with Crippen molar-refractivity contribution in [1.29, 1.82) is 0 Å². The van der Waals surface area contributed by atoms with Gasteiger partial charge in [0.2, 0.25) is 0 Å². The summed E-state index contributed by atoms with van der Waals surface area (Å²) in [5.74, 6) is 0. The van der Waals surface area contributed by atoms with Crippen LogP contribution in [0.4, 0.5) is 17.1 Å². The molecule has 0 N–H and O–H groups in total. The van der Waals surface area contributed by atoms with E-state index in [1.165, 1.54) is 82.7 Å².